The second-order valence-corrected chi connectivity index (χ2v) is 4.23. The van der Waals surface area contributed by atoms with Gasteiger partial charge in [-0.1, -0.05) is 0 Å². The topological polar surface area (TPSA) is 91.3 Å². The average molecular weight is 251 g/mol. The highest BCUT2D eigenvalue weighted by molar-refractivity contribution is 6.00. The van der Waals surface area contributed by atoms with Crippen LogP contribution in [-0.4, -0.2) is 34.1 Å². The standard InChI is InChI=1S/C12H17N3O3/c1-7(2)14-10-9(5-4-6-13-10)11(16)15-8(3)12(17)18/h4-8H,1-3H3,(H,13,14)(H,15,16)(H,17,18)/t8-/m1/s1. The van der Waals surface area contributed by atoms with Gasteiger partial charge in [0.25, 0.3) is 5.91 Å². The molecule has 1 atom stereocenters. The first-order valence-corrected chi connectivity index (χ1v) is 5.67. The summed E-state index contributed by atoms with van der Waals surface area (Å²) in [5.41, 5.74) is 0.333. The van der Waals surface area contributed by atoms with Gasteiger partial charge in [0.1, 0.15) is 11.9 Å². The number of amides is 1. The number of hydrogen-bond acceptors (Lipinski definition) is 4. The van der Waals surface area contributed by atoms with E-state index in [1.165, 1.54) is 6.92 Å². The molecule has 0 bridgehead atoms. The van der Waals surface area contributed by atoms with Crippen LogP contribution < -0.4 is 10.6 Å². The number of carboxylic acid groups (broad SMARTS) is 1. The molecule has 0 saturated heterocycles. The monoisotopic (exact) mass is 251 g/mol. The summed E-state index contributed by atoms with van der Waals surface area (Å²) in [6.45, 7) is 5.26. The third-order valence-corrected chi connectivity index (χ3v) is 2.20. The maximum absolute atomic E-state index is 11.9. The number of carbonyl (C=O) groups excluding carboxylic acids is 1. The number of aromatic nitrogens is 1. The van der Waals surface area contributed by atoms with E-state index in [1.807, 2.05) is 13.8 Å². The summed E-state index contributed by atoms with van der Waals surface area (Å²) in [5.74, 6) is -1.09. The van der Waals surface area contributed by atoms with Gasteiger partial charge in [-0.25, -0.2) is 4.98 Å². The Morgan fingerprint density at radius 2 is 2.00 bits per heavy atom. The summed E-state index contributed by atoms with van der Waals surface area (Å²) < 4.78 is 0. The summed E-state index contributed by atoms with van der Waals surface area (Å²) in [4.78, 5) is 26.7. The number of hydrogen-bond donors (Lipinski definition) is 3. The molecule has 0 aromatic carbocycles. The predicted octanol–water partition coefficient (Wildman–Crippen LogP) is 1.10. The lowest BCUT2D eigenvalue weighted by atomic mass is 10.2. The van der Waals surface area contributed by atoms with Crippen molar-refractivity contribution in [3.8, 4) is 0 Å². The van der Waals surface area contributed by atoms with Crippen LogP contribution in [0.5, 0.6) is 0 Å². The van der Waals surface area contributed by atoms with Crippen molar-refractivity contribution in [2.24, 2.45) is 0 Å². The van der Waals surface area contributed by atoms with Crippen molar-refractivity contribution in [3.63, 3.8) is 0 Å². The van der Waals surface area contributed by atoms with E-state index in [9.17, 15) is 9.59 Å². The Labute approximate surface area is 105 Å². The van der Waals surface area contributed by atoms with Gasteiger partial charge >= 0.3 is 5.97 Å². The molecular weight excluding hydrogens is 234 g/mol. The molecule has 0 spiro atoms. The molecule has 98 valence electrons. The normalized spacial score (nSPS) is 12.0. The molecule has 0 aliphatic carbocycles. The lowest BCUT2D eigenvalue weighted by Crippen LogP contribution is -2.38. The summed E-state index contributed by atoms with van der Waals surface area (Å²) in [6, 6.07) is 2.42. The Hall–Kier alpha value is -2.11. The van der Waals surface area contributed by atoms with E-state index in [0.717, 1.165) is 0 Å². The van der Waals surface area contributed by atoms with Crippen LogP contribution in [0.3, 0.4) is 0 Å². The van der Waals surface area contributed by atoms with Gasteiger partial charge in [-0.2, -0.15) is 0 Å². The molecule has 0 saturated carbocycles. The van der Waals surface area contributed by atoms with Gasteiger partial charge in [0.05, 0.1) is 5.56 Å². The van der Waals surface area contributed by atoms with Crippen LogP contribution >= 0.6 is 0 Å². The minimum atomic E-state index is -1.08. The van der Waals surface area contributed by atoms with Crippen LogP contribution in [0.25, 0.3) is 0 Å². The molecule has 6 heteroatoms. The van der Waals surface area contributed by atoms with E-state index in [-0.39, 0.29) is 6.04 Å². The average Bonchev–Trinajstić information content (AvgIpc) is 2.28. The number of carboxylic acids is 1. The zero-order chi connectivity index (χ0) is 13.7. The number of carbonyl (C=O) groups is 2. The molecule has 3 N–H and O–H groups in total. The van der Waals surface area contributed by atoms with Crippen molar-refractivity contribution in [1.29, 1.82) is 0 Å². The van der Waals surface area contributed by atoms with Crippen LogP contribution in [-0.2, 0) is 4.79 Å². The number of rotatable bonds is 5. The molecule has 0 radical (unpaired) electrons. The fourth-order valence-corrected chi connectivity index (χ4v) is 1.31. The van der Waals surface area contributed by atoms with E-state index in [2.05, 4.69) is 15.6 Å². The van der Waals surface area contributed by atoms with Gasteiger partial charge in [0.15, 0.2) is 0 Å². The van der Waals surface area contributed by atoms with Crippen molar-refractivity contribution in [2.75, 3.05) is 5.32 Å². The lowest BCUT2D eigenvalue weighted by Gasteiger charge is -2.14. The van der Waals surface area contributed by atoms with E-state index in [1.54, 1.807) is 18.3 Å². The zero-order valence-corrected chi connectivity index (χ0v) is 10.6. The highest BCUT2D eigenvalue weighted by Gasteiger charge is 2.18. The molecule has 1 aromatic heterocycles. The Morgan fingerprint density at radius 3 is 2.56 bits per heavy atom. The van der Waals surface area contributed by atoms with Crippen LogP contribution in [0.4, 0.5) is 5.82 Å². The molecule has 6 nitrogen and oxygen atoms in total. The highest BCUT2D eigenvalue weighted by Crippen LogP contribution is 2.12. The number of nitrogens with one attached hydrogen (secondary N) is 2. The molecular formula is C12H17N3O3. The molecule has 0 aliphatic rings. The zero-order valence-electron chi connectivity index (χ0n) is 10.6. The van der Waals surface area contributed by atoms with Crippen molar-refractivity contribution in [2.45, 2.75) is 32.9 Å². The Kier molecular flexibility index (Phi) is 4.65. The van der Waals surface area contributed by atoms with Gasteiger partial charge in [-0.3, -0.25) is 9.59 Å². The smallest absolute Gasteiger partial charge is 0.325 e. The summed E-state index contributed by atoms with van der Waals surface area (Å²) in [5, 5.41) is 14.2. The van der Waals surface area contributed by atoms with Gasteiger partial charge < -0.3 is 15.7 Å². The largest absolute Gasteiger partial charge is 0.480 e. The Balaban J connectivity index is 2.88. The predicted molar refractivity (Wildman–Crippen MR) is 67.6 cm³/mol. The van der Waals surface area contributed by atoms with Crippen LogP contribution in [0, 0.1) is 0 Å². The summed E-state index contributed by atoms with van der Waals surface area (Å²) >= 11 is 0. The van der Waals surface area contributed by atoms with Gasteiger partial charge in [0.2, 0.25) is 0 Å². The van der Waals surface area contributed by atoms with E-state index < -0.39 is 17.9 Å². The lowest BCUT2D eigenvalue weighted by molar-refractivity contribution is -0.138. The van der Waals surface area contributed by atoms with Crippen molar-refractivity contribution in [1.82, 2.24) is 10.3 Å². The van der Waals surface area contributed by atoms with Crippen molar-refractivity contribution in [3.05, 3.63) is 23.9 Å². The van der Waals surface area contributed by atoms with E-state index in [4.69, 9.17) is 5.11 Å². The molecule has 0 fully saturated rings. The number of nitrogens with zero attached hydrogens (tertiary/aromatic N) is 1. The van der Waals surface area contributed by atoms with Crippen LogP contribution in [0.2, 0.25) is 0 Å². The number of anilines is 1. The first kappa shape index (κ1) is 14.0. The number of aliphatic carboxylic acids is 1. The quantitative estimate of drug-likeness (QED) is 0.729. The SMILES string of the molecule is CC(C)Nc1ncccc1C(=O)N[C@H](C)C(=O)O. The Bertz CT molecular complexity index is 446. The summed E-state index contributed by atoms with van der Waals surface area (Å²) in [7, 11) is 0. The maximum atomic E-state index is 11.9. The molecule has 1 rings (SSSR count). The molecule has 1 aromatic rings. The minimum absolute atomic E-state index is 0.128. The van der Waals surface area contributed by atoms with Gasteiger partial charge in [-0.05, 0) is 32.9 Å². The second kappa shape index (κ2) is 6.00. The first-order chi connectivity index (χ1) is 8.41. The molecule has 1 heterocycles. The number of pyridine rings is 1. The first-order valence-electron chi connectivity index (χ1n) is 5.67. The van der Waals surface area contributed by atoms with E-state index >= 15 is 0 Å². The minimum Gasteiger partial charge on any atom is -0.480 e. The fourth-order valence-electron chi connectivity index (χ4n) is 1.31. The molecule has 1 amide bonds. The van der Waals surface area contributed by atoms with Crippen LogP contribution in [0.15, 0.2) is 18.3 Å². The second-order valence-electron chi connectivity index (χ2n) is 4.23. The third kappa shape index (κ3) is 3.73. The van der Waals surface area contributed by atoms with Crippen LogP contribution in [0.1, 0.15) is 31.1 Å². The molecule has 0 aliphatic heterocycles. The Morgan fingerprint density at radius 1 is 1.33 bits per heavy atom. The maximum Gasteiger partial charge on any atom is 0.325 e. The van der Waals surface area contributed by atoms with Crippen molar-refractivity contribution >= 4 is 17.7 Å². The molecule has 0 unspecified atom stereocenters. The summed E-state index contributed by atoms with van der Waals surface area (Å²) in [6.07, 6.45) is 1.57. The fraction of sp³-hybridized carbons (Fsp3) is 0.417. The van der Waals surface area contributed by atoms with Gasteiger partial charge in [-0.15, -0.1) is 0 Å². The highest BCUT2D eigenvalue weighted by atomic mass is 16.4. The van der Waals surface area contributed by atoms with Gasteiger partial charge in [0, 0.05) is 12.2 Å². The van der Waals surface area contributed by atoms with E-state index in [0.29, 0.717) is 11.4 Å². The third-order valence-electron chi connectivity index (χ3n) is 2.20. The van der Waals surface area contributed by atoms with Crippen molar-refractivity contribution < 1.29 is 14.7 Å². The molecule has 18 heavy (non-hydrogen) atoms.